The summed E-state index contributed by atoms with van der Waals surface area (Å²) in [6, 6.07) is 6.77. The average Bonchev–Trinajstić information content (AvgIpc) is 2.69. The number of rotatable bonds is 4. The third kappa shape index (κ3) is 3.39. The lowest BCUT2D eigenvalue weighted by molar-refractivity contribution is 0.603. The van der Waals surface area contributed by atoms with Crippen molar-refractivity contribution < 1.29 is 4.39 Å². The van der Waals surface area contributed by atoms with Gasteiger partial charge in [-0.3, -0.25) is 0 Å². The number of benzene rings is 1. The average molecular weight is 428 g/mol. The Morgan fingerprint density at radius 2 is 2.11 bits per heavy atom. The SMILES string of the molecule is CCNC(c1cc(Br)sc1Br)c1cccc(F)c1Cl. The van der Waals surface area contributed by atoms with E-state index < -0.39 is 5.82 Å². The highest BCUT2D eigenvalue weighted by Crippen LogP contribution is 2.39. The normalized spacial score (nSPS) is 12.7. The molecule has 1 aromatic carbocycles. The summed E-state index contributed by atoms with van der Waals surface area (Å²) in [6.07, 6.45) is 0. The van der Waals surface area contributed by atoms with E-state index in [-0.39, 0.29) is 11.1 Å². The highest BCUT2D eigenvalue weighted by Gasteiger charge is 2.21. The minimum Gasteiger partial charge on any atom is -0.306 e. The van der Waals surface area contributed by atoms with Crippen molar-refractivity contribution in [2.75, 3.05) is 6.54 Å². The maximum atomic E-state index is 13.6. The van der Waals surface area contributed by atoms with Crippen LogP contribution in [0.2, 0.25) is 5.02 Å². The van der Waals surface area contributed by atoms with Crippen LogP contribution in [0.3, 0.4) is 0 Å². The van der Waals surface area contributed by atoms with E-state index >= 15 is 0 Å². The quantitative estimate of drug-likeness (QED) is 0.654. The Bertz CT molecular complexity index is 588. The van der Waals surface area contributed by atoms with Crippen molar-refractivity contribution >= 4 is 54.8 Å². The van der Waals surface area contributed by atoms with Gasteiger partial charge in [0.05, 0.1) is 18.6 Å². The summed E-state index contributed by atoms with van der Waals surface area (Å²) >= 11 is 14.7. The van der Waals surface area contributed by atoms with Crippen LogP contribution < -0.4 is 5.32 Å². The summed E-state index contributed by atoms with van der Waals surface area (Å²) < 4.78 is 15.6. The van der Waals surface area contributed by atoms with Crippen LogP contribution in [-0.2, 0) is 0 Å². The smallest absolute Gasteiger partial charge is 0.142 e. The Labute approximate surface area is 137 Å². The van der Waals surface area contributed by atoms with Gasteiger partial charge in [0.2, 0.25) is 0 Å². The van der Waals surface area contributed by atoms with Gasteiger partial charge in [-0.1, -0.05) is 30.7 Å². The van der Waals surface area contributed by atoms with Gasteiger partial charge in [-0.2, -0.15) is 0 Å². The molecule has 1 N–H and O–H groups in total. The molecule has 2 aromatic rings. The van der Waals surface area contributed by atoms with Crippen LogP contribution in [0.25, 0.3) is 0 Å². The van der Waals surface area contributed by atoms with Crippen LogP contribution in [0, 0.1) is 5.82 Å². The standard InChI is InChI=1S/C13H11Br2ClFNS/c1-2-18-12(8-6-10(14)19-13(8)15)7-4-3-5-9(17)11(7)16/h3-6,12,18H,2H2,1H3. The molecule has 0 saturated carbocycles. The number of hydrogen-bond acceptors (Lipinski definition) is 2. The molecule has 1 nitrogen and oxygen atoms in total. The summed E-state index contributed by atoms with van der Waals surface area (Å²) in [5.74, 6) is -0.396. The van der Waals surface area contributed by atoms with E-state index in [9.17, 15) is 4.39 Å². The molecule has 0 bridgehead atoms. The largest absolute Gasteiger partial charge is 0.306 e. The van der Waals surface area contributed by atoms with Crippen molar-refractivity contribution in [3.05, 3.63) is 53.8 Å². The highest BCUT2D eigenvalue weighted by molar-refractivity contribution is 9.12. The van der Waals surface area contributed by atoms with E-state index in [0.717, 1.165) is 25.2 Å². The first-order valence-corrected chi connectivity index (χ1v) is 8.44. The molecule has 19 heavy (non-hydrogen) atoms. The zero-order chi connectivity index (χ0) is 14.0. The minimum absolute atomic E-state index is 0.134. The number of hydrogen-bond donors (Lipinski definition) is 1. The van der Waals surface area contributed by atoms with Crippen LogP contribution in [0.4, 0.5) is 4.39 Å². The lowest BCUT2D eigenvalue weighted by Gasteiger charge is -2.19. The predicted octanol–water partition coefficient (Wildman–Crippen LogP) is 5.76. The topological polar surface area (TPSA) is 12.0 Å². The zero-order valence-electron chi connectivity index (χ0n) is 10.0. The second kappa shape index (κ2) is 6.68. The molecule has 1 atom stereocenters. The third-order valence-electron chi connectivity index (χ3n) is 2.69. The van der Waals surface area contributed by atoms with Crippen LogP contribution >= 0.6 is 54.8 Å². The second-order valence-electron chi connectivity index (χ2n) is 3.91. The Morgan fingerprint density at radius 3 is 2.68 bits per heavy atom. The van der Waals surface area contributed by atoms with Gasteiger partial charge >= 0.3 is 0 Å². The molecular formula is C13H11Br2ClFNS. The molecule has 0 radical (unpaired) electrons. The summed E-state index contributed by atoms with van der Waals surface area (Å²) in [7, 11) is 0. The molecule has 1 heterocycles. The maximum absolute atomic E-state index is 13.6. The lowest BCUT2D eigenvalue weighted by Crippen LogP contribution is -2.22. The number of halogens is 4. The van der Waals surface area contributed by atoms with Gasteiger partial charge in [0.15, 0.2) is 0 Å². The van der Waals surface area contributed by atoms with Crippen molar-refractivity contribution in [2.24, 2.45) is 0 Å². The predicted molar refractivity (Wildman–Crippen MR) is 86.6 cm³/mol. The molecule has 0 aliphatic heterocycles. The Kier molecular flexibility index (Phi) is 5.43. The monoisotopic (exact) mass is 425 g/mol. The Balaban J connectivity index is 2.51. The van der Waals surface area contributed by atoms with Gasteiger partial charge in [0.25, 0.3) is 0 Å². The van der Waals surface area contributed by atoms with E-state index in [2.05, 4.69) is 37.2 Å². The molecule has 0 aliphatic carbocycles. The van der Waals surface area contributed by atoms with Crippen molar-refractivity contribution in [3.8, 4) is 0 Å². The van der Waals surface area contributed by atoms with Crippen molar-refractivity contribution in [1.29, 1.82) is 0 Å². The number of nitrogens with one attached hydrogen (secondary N) is 1. The van der Waals surface area contributed by atoms with Gasteiger partial charge < -0.3 is 5.32 Å². The van der Waals surface area contributed by atoms with E-state index in [0.29, 0.717) is 0 Å². The highest BCUT2D eigenvalue weighted by atomic mass is 79.9. The molecule has 0 spiro atoms. The van der Waals surface area contributed by atoms with Gasteiger partial charge in [0, 0.05) is 0 Å². The van der Waals surface area contributed by atoms with Crippen LogP contribution in [0.1, 0.15) is 24.1 Å². The number of thiophene rings is 1. The third-order valence-corrected chi connectivity index (χ3v) is 5.48. The first-order valence-electron chi connectivity index (χ1n) is 5.66. The van der Waals surface area contributed by atoms with Crippen molar-refractivity contribution in [1.82, 2.24) is 5.32 Å². The molecule has 1 aromatic heterocycles. The van der Waals surface area contributed by atoms with Gasteiger partial charge in [-0.05, 0) is 61.7 Å². The molecule has 0 fully saturated rings. The van der Waals surface area contributed by atoms with Gasteiger partial charge in [-0.25, -0.2) is 4.39 Å². The fraction of sp³-hybridized carbons (Fsp3) is 0.231. The summed E-state index contributed by atoms with van der Waals surface area (Å²) in [4.78, 5) is 0. The van der Waals surface area contributed by atoms with Crippen LogP contribution in [-0.4, -0.2) is 6.54 Å². The first kappa shape index (κ1) is 15.4. The van der Waals surface area contributed by atoms with E-state index in [1.54, 1.807) is 17.4 Å². The fourth-order valence-corrected chi connectivity index (χ4v) is 5.02. The molecule has 0 aliphatic rings. The molecule has 0 saturated heterocycles. The van der Waals surface area contributed by atoms with E-state index in [4.69, 9.17) is 11.6 Å². The lowest BCUT2D eigenvalue weighted by atomic mass is 10.0. The molecule has 2 rings (SSSR count). The molecule has 0 amide bonds. The second-order valence-corrected chi connectivity index (χ2v) is 8.04. The summed E-state index contributed by atoms with van der Waals surface area (Å²) in [6.45, 7) is 2.77. The first-order chi connectivity index (χ1) is 9.04. The van der Waals surface area contributed by atoms with Crippen molar-refractivity contribution in [3.63, 3.8) is 0 Å². The zero-order valence-corrected chi connectivity index (χ0v) is 14.8. The molecular weight excluding hydrogens is 416 g/mol. The summed E-state index contributed by atoms with van der Waals surface area (Å²) in [5.41, 5.74) is 1.79. The minimum atomic E-state index is -0.396. The van der Waals surface area contributed by atoms with Gasteiger partial charge in [-0.15, -0.1) is 11.3 Å². The van der Waals surface area contributed by atoms with Crippen molar-refractivity contribution in [2.45, 2.75) is 13.0 Å². The summed E-state index contributed by atoms with van der Waals surface area (Å²) in [5, 5.41) is 3.51. The molecule has 102 valence electrons. The van der Waals surface area contributed by atoms with E-state index in [1.165, 1.54) is 6.07 Å². The molecule has 1 unspecified atom stereocenters. The Hall–Kier alpha value is 0.0600. The van der Waals surface area contributed by atoms with Crippen LogP contribution in [0.15, 0.2) is 31.8 Å². The Morgan fingerprint density at radius 1 is 1.37 bits per heavy atom. The fourth-order valence-electron chi connectivity index (χ4n) is 1.88. The van der Waals surface area contributed by atoms with Crippen LogP contribution in [0.5, 0.6) is 0 Å². The van der Waals surface area contributed by atoms with E-state index in [1.807, 2.05) is 19.1 Å². The molecule has 6 heteroatoms. The maximum Gasteiger partial charge on any atom is 0.142 e. The van der Waals surface area contributed by atoms with Gasteiger partial charge in [0.1, 0.15) is 5.82 Å².